The largest absolute Gasteiger partial charge is 0.497 e. The van der Waals surface area contributed by atoms with Crippen LogP contribution >= 0.6 is 0 Å². The Morgan fingerprint density at radius 3 is 2.28 bits per heavy atom. The van der Waals surface area contributed by atoms with Crippen LogP contribution in [-0.2, 0) is 24.0 Å². The minimum atomic E-state index is -5.02. The summed E-state index contributed by atoms with van der Waals surface area (Å²) in [5, 5.41) is 2.71. The minimum absolute atomic E-state index is 0.0211. The molecular weight excluding hydrogens is 942 g/mol. The third-order valence-electron chi connectivity index (χ3n) is 13.3. The number of alkyl halides is 4. The molecule has 4 aromatic heterocycles. The summed E-state index contributed by atoms with van der Waals surface area (Å²) >= 11 is 0. The number of rotatable bonds is 14. The molecule has 0 saturated carbocycles. The molecule has 1 amide bonds. The van der Waals surface area contributed by atoms with Crippen molar-refractivity contribution in [2.75, 3.05) is 62.2 Å². The van der Waals surface area contributed by atoms with E-state index in [1.165, 1.54) is 19.2 Å². The van der Waals surface area contributed by atoms with E-state index >= 15 is 17.6 Å². The number of aromatic nitrogens is 5. The maximum atomic E-state index is 18.0. The van der Waals surface area contributed by atoms with Crippen LogP contribution in [-0.4, -0.2) is 100 Å². The van der Waals surface area contributed by atoms with Gasteiger partial charge in [0, 0.05) is 43.4 Å². The maximum absolute atomic E-state index is 18.0. The van der Waals surface area contributed by atoms with Crippen molar-refractivity contribution in [3.8, 4) is 34.6 Å². The number of fused-ring (bicyclic) bond motifs is 1. The Bertz CT molecular complexity index is 2910. The summed E-state index contributed by atoms with van der Waals surface area (Å²) in [6, 6.07) is 18.2. The van der Waals surface area contributed by atoms with Crippen molar-refractivity contribution >= 4 is 34.4 Å². The molecule has 15 nitrogen and oxygen atoms in total. The smallest absolute Gasteiger partial charge is 0.418 e. The van der Waals surface area contributed by atoms with Crippen molar-refractivity contribution in [1.29, 1.82) is 0 Å². The molecule has 72 heavy (non-hydrogen) atoms. The zero-order valence-electron chi connectivity index (χ0n) is 41.1. The number of nitrogens with zero attached hydrogens (tertiary/aromatic N) is 8. The first-order valence-electron chi connectivity index (χ1n) is 23.7. The van der Waals surface area contributed by atoms with E-state index in [0.717, 1.165) is 17.5 Å². The SMILES string of the molecule is COc1ccc(CN(Cc2ccc(OC)cc2)c2cc(-c3nc4c5c(nc(OC[C@@]67CCCN6C[C@H](F)C7)nc5c3F)N([C@H](C)c3cccnc3NC(=O)OC(C)(C)C)CCO4)c(C(F)(F)F)c(C)n2)cc1. The molecule has 6 aromatic rings. The maximum Gasteiger partial charge on any atom is 0.418 e. The first-order chi connectivity index (χ1) is 34.3. The summed E-state index contributed by atoms with van der Waals surface area (Å²) in [5.74, 6) is 0.219. The Hall–Kier alpha value is -7.09. The van der Waals surface area contributed by atoms with Crippen LogP contribution < -0.4 is 34.1 Å². The number of nitrogens with one attached hydrogen (secondary N) is 1. The quantitative estimate of drug-likeness (QED) is 0.103. The predicted molar refractivity (Wildman–Crippen MR) is 260 cm³/mol. The van der Waals surface area contributed by atoms with Gasteiger partial charge in [0.05, 0.1) is 43.6 Å². The number of carbonyl (C=O) groups excluding carboxylic acids is 1. The fourth-order valence-corrected chi connectivity index (χ4v) is 9.94. The number of hydrogen-bond acceptors (Lipinski definition) is 14. The van der Waals surface area contributed by atoms with Gasteiger partial charge in [-0.15, -0.1) is 0 Å². The number of hydrogen-bond donors (Lipinski definition) is 1. The van der Waals surface area contributed by atoms with E-state index in [-0.39, 0.29) is 80.5 Å². The molecule has 9 rings (SSSR count). The lowest BCUT2D eigenvalue weighted by Crippen LogP contribution is -2.43. The van der Waals surface area contributed by atoms with Gasteiger partial charge in [-0.25, -0.2) is 28.5 Å². The highest BCUT2D eigenvalue weighted by Gasteiger charge is 2.49. The van der Waals surface area contributed by atoms with Crippen molar-refractivity contribution in [1.82, 2.24) is 29.8 Å². The first-order valence-corrected chi connectivity index (χ1v) is 23.7. The van der Waals surface area contributed by atoms with Crippen molar-refractivity contribution in [3.05, 3.63) is 107 Å². The fraction of sp³-hybridized carbons (Fsp3) is 0.423. The van der Waals surface area contributed by atoms with E-state index in [1.54, 1.807) is 81.2 Å². The first kappa shape index (κ1) is 49.9. The zero-order valence-corrected chi connectivity index (χ0v) is 41.1. The normalized spacial score (nSPS) is 18.3. The predicted octanol–water partition coefficient (Wildman–Crippen LogP) is 10.4. The Morgan fingerprint density at radius 2 is 1.64 bits per heavy atom. The number of ether oxygens (including phenoxy) is 5. The topological polar surface area (TPSA) is 149 Å². The van der Waals surface area contributed by atoms with Crippen molar-refractivity contribution in [2.24, 2.45) is 0 Å². The molecule has 1 N–H and O–H groups in total. The highest BCUT2D eigenvalue weighted by Crippen LogP contribution is 2.47. The fourth-order valence-electron chi connectivity index (χ4n) is 9.94. The van der Waals surface area contributed by atoms with E-state index in [2.05, 4.69) is 25.3 Å². The summed E-state index contributed by atoms with van der Waals surface area (Å²) in [6.07, 6.45) is -3.61. The van der Waals surface area contributed by atoms with Gasteiger partial charge in [-0.2, -0.15) is 23.1 Å². The third kappa shape index (κ3) is 10.3. The van der Waals surface area contributed by atoms with Gasteiger partial charge in [0.15, 0.2) is 5.82 Å². The van der Waals surface area contributed by atoms with E-state index in [0.29, 0.717) is 30.0 Å². The zero-order chi connectivity index (χ0) is 51.1. The highest BCUT2D eigenvalue weighted by atomic mass is 19.4. The second-order valence-corrected chi connectivity index (χ2v) is 19.3. The number of pyridine rings is 3. The summed E-state index contributed by atoms with van der Waals surface area (Å²) < 4.78 is 108. The molecule has 3 aliphatic heterocycles. The van der Waals surface area contributed by atoms with Crippen LogP contribution in [0.1, 0.15) is 80.9 Å². The van der Waals surface area contributed by atoms with Crippen LogP contribution in [0.4, 0.5) is 44.2 Å². The molecule has 3 aliphatic rings. The molecule has 0 spiro atoms. The van der Waals surface area contributed by atoms with Crippen LogP contribution in [0.5, 0.6) is 23.4 Å². The molecule has 0 unspecified atom stereocenters. The number of halogens is 5. The molecule has 380 valence electrons. The van der Waals surface area contributed by atoms with E-state index < -0.39 is 69.5 Å². The Balaban J connectivity index is 1.20. The van der Waals surface area contributed by atoms with E-state index in [9.17, 15) is 9.18 Å². The van der Waals surface area contributed by atoms with Gasteiger partial charge in [0.1, 0.15) is 70.5 Å². The number of carbonyl (C=O) groups is 1. The highest BCUT2D eigenvalue weighted by molar-refractivity contribution is 5.97. The van der Waals surface area contributed by atoms with Gasteiger partial charge in [0.2, 0.25) is 5.88 Å². The molecule has 0 aliphatic carbocycles. The number of benzene rings is 2. The van der Waals surface area contributed by atoms with Crippen molar-refractivity contribution < 1.29 is 50.4 Å². The van der Waals surface area contributed by atoms with Crippen molar-refractivity contribution in [2.45, 2.75) is 96.5 Å². The summed E-state index contributed by atoms with van der Waals surface area (Å²) in [6.45, 7) is 9.55. The Labute approximate surface area is 413 Å². The lowest BCUT2D eigenvalue weighted by molar-refractivity contribution is -0.137. The van der Waals surface area contributed by atoms with Crippen LogP contribution in [0.3, 0.4) is 0 Å². The van der Waals surface area contributed by atoms with E-state index in [1.807, 2.05) is 36.1 Å². The van der Waals surface area contributed by atoms with Gasteiger partial charge in [-0.3, -0.25) is 10.2 Å². The van der Waals surface area contributed by atoms with Gasteiger partial charge in [-0.1, -0.05) is 30.3 Å². The number of methoxy groups -OCH3 is 2. The second-order valence-electron chi connectivity index (χ2n) is 19.3. The lowest BCUT2D eigenvalue weighted by Gasteiger charge is -2.32. The van der Waals surface area contributed by atoms with Crippen LogP contribution in [0.25, 0.3) is 22.2 Å². The summed E-state index contributed by atoms with van der Waals surface area (Å²) in [7, 11) is 3.10. The minimum Gasteiger partial charge on any atom is -0.497 e. The van der Waals surface area contributed by atoms with Gasteiger partial charge in [-0.05, 0) is 102 Å². The average molecular weight is 998 g/mol. The lowest BCUT2D eigenvalue weighted by atomic mass is 9.95. The third-order valence-corrected chi connectivity index (χ3v) is 13.3. The molecule has 2 fully saturated rings. The molecule has 2 saturated heterocycles. The molecule has 20 heteroatoms. The molecule has 7 heterocycles. The van der Waals surface area contributed by atoms with Crippen LogP contribution in [0.15, 0.2) is 72.9 Å². The Morgan fingerprint density at radius 1 is 0.958 bits per heavy atom. The molecular formula is C52H56F5N9O6. The van der Waals surface area contributed by atoms with Crippen LogP contribution in [0.2, 0.25) is 0 Å². The second kappa shape index (κ2) is 19.8. The number of anilines is 3. The van der Waals surface area contributed by atoms with Gasteiger partial charge >= 0.3 is 18.3 Å². The van der Waals surface area contributed by atoms with Gasteiger partial charge < -0.3 is 33.5 Å². The number of aryl methyl sites for hydroxylation is 1. The summed E-state index contributed by atoms with van der Waals surface area (Å²) in [5.41, 5.74) is -2.65. The van der Waals surface area contributed by atoms with Crippen molar-refractivity contribution in [3.63, 3.8) is 0 Å². The average Bonchev–Trinajstić information content (AvgIpc) is 3.80. The van der Waals surface area contributed by atoms with E-state index in [4.69, 9.17) is 28.7 Å². The molecule has 3 atom stereocenters. The number of amides is 1. The van der Waals surface area contributed by atoms with Crippen LogP contribution in [0, 0.1) is 12.7 Å². The summed E-state index contributed by atoms with van der Waals surface area (Å²) in [4.78, 5) is 41.6. The monoisotopic (exact) mass is 997 g/mol. The molecule has 2 aromatic carbocycles. The standard InChI is InChI=1S/C52H56F5N9O6/c1-30-41(52(55,56)57)38(24-39(59-30)64(26-32-11-15-35(68-6)16-12-32)27-33-13-17-36(69-7)18-14-33)43-42(54)44-40-46(63-48(61-44)71-29-51-19-9-21-65(51)28-34(53)25-51)66(22-23-70-47(40)60-43)31(2)37-10-8-20-58-45(37)62-49(67)72-50(3,4)5/h8,10-18,20,24,31,34H,9,19,21-23,25-29H2,1-7H3,(H,58,62,67)/t31-,34-,51+/m1/s1. The molecule has 0 bridgehead atoms. The van der Waals surface area contributed by atoms with Gasteiger partial charge in [0.25, 0.3) is 0 Å². The molecule has 0 radical (unpaired) electrons. The Kier molecular flexibility index (Phi) is 13.7.